The van der Waals surface area contributed by atoms with Gasteiger partial charge in [0.05, 0.1) is 7.11 Å². The van der Waals surface area contributed by atoms with Crippen LogP contribution in [0.3, 0.4) is 0 Å². The molecule has 0 amide bonds. The van der Waals surface area contributed by atoms with Crippen LogP contribution in [-0.4, -0.2) is 71.5 Å². The van der Waals surface area contributed by atoms with Crippen molar-refractivity contribution in [1.82, 2.24) is 0 Å². The highest BCUT2D eigenvalue weighted by Crippen LogP contribution is 2.32. The zero-order chi connectivity index (χ0) is 24.0. The first-order chi connectivity index (χ1) is 15.8. The number of rotatable bonds is 8. The molecule has 1 aliphatic heterocycles. The Balaban J connectivity index is 1.65. The molecule has 1 saturated heterocycles. The summed E-state index contributed by atoms with van der Waals surface area (Å²) in [5.41, 5.74) is 1.20. The van der Waals surface area contributed by atoms with Gasteiger partial charge in [0.15, 0.2) is 17.3 Å². The minimum atomic E-state index is -1.62. The van der Waals surface area contributed by atoms with Gasteiger partial charge in [0.1, 0.15) is 31.0 Å². The summed E-state index contributed by atoms with van der Waals surface area (Å²) >= 11 is 0. The average Bonchev–Trinajstić information content (AvgIpc) is 2.82. The first-order valence-corrected chi connectivity index (χ1v) is 10.3. The third kappa shape index (κ3) is 6.17. The van der Waals surface area contributed by atoms with Crippen LogP contribution in [0.1, 0.15) is 22.8 Å². The molecule has 0 unspecified atom stereocenters. The molecule has 0 aromatic heterocycles. The van der Waals surface area contributed by atoms with Crippen molar-refractivity contribution in [3.63, 3.8) is 0 Å². The predicted octanol–water partition coefficient (Wildman–Crippen LogP) is 1.34. The van der Waals surface area contributed by atoms with Gasteiger partial charge < -0.3 is 34.3 Å². The summed E-state index contributed by atoms with van der Waals surface area (Å²) in [4.78, 5) is 23.6. The number of ether oxygens (including phenoxy) is 4. The van der Waals surface area contributed by atoms with Crippen LogP contribution in [0.15, 0.2) is 54.6 Å². The molecule has 0 radical (unpaired) electrons. The Morgan fingerprint density at radius 1 is 1.00 bits per heavy atom. The second-order valence-corrected chi connectivity index (χ2v) is 7.43. The van der Waals surface area contributed by atoms with Crippen molar-refractivity contribution < 1.29 is 43.9 Å². The monoisotopic (exact) mass is 458 g/mol. The number of carbonyl (C=O) groups excluding carboxylic acids is 2. The first-order valence-electron chi connectivity index (χ1n) is 10.3. The molecule has 0 bridgehead atoms. The zero-order valence-corrected chi connectivity index (χ0v) is 18.2. The molecule has 1 aliphatic rings. The summed E-state index contributed by atoms with van der Waals surface area (Å²) < 4.78 is 21.6. The zero-order valence-electron chi connectivity index (χ0n) is 18.2. The number of Topliss-reactive ketones (excluding diaryl/α,β-unsaturated/α-hetero) is 1. The molecule has 9 heteroatoms. The first kappa shape index (κ1) is 24.4. The second kappa shape index (κ2) is 11.1. The Hall–Kier alpha value is -3.24. The maximum Gasteiger partial charge on any atom is 0.330 e. The van der Waals surface area contributed by atoms with E-state index in [0.29, 0.717) is 5.56 Å². The van der Waals surface area contributed by atoms with Crippen LogP contribution in [0, 0.1) is 0 Å². The molecule has 1 heterocycles. The standard InChI is InChI=1S/C24H26O9/c1-14(25)16-9-10-17(18(12-16)30-2)32-24-23(29)22(28)21(27)19(33-24)13-31-20(26)11-8-15-6-4-3-5-7-15/h3-12,19,21-24,27-29H,13H2,1-2H3/t19-,21-,22+,23-,24-/m1/s1. The maximum atomic E-state index is 12.0. The van der Waals surface area contributed by atoms with Crippen molar-refractivity contribution in [3.05, 3.63) is 65.7 Å². The summed E-state index contributed by atoms with van der Waals surface area (Å²) in [7, 11) is 1.38. The quantitative estimate of drug-likeness (QED) is 0.305. The van der Waals surface area contributed by atoms with Crippen LogP contribution in [0.5, 0.6) is 11.5 Å². The van der Waals surface area contributed by atoms with Crippen LogP contribution < -0.4 is 9.47 Å². The third-order valence-corrected chi connectivity index (χ3v) is 5.08. The molecule has 5 atom stereocenters. The molecule has 9 nitrogen and oxygen atoms in total. The van der Waals surface area contributed by atoms with E-state index in [1.807, 2.05) is 30.3 Å². The number of methoxy groups -OCH3 is 1. The lowest BCUT2D eigenvalue weighted by molar-refractivity contribution is -0.278. The number of aliphatic hydroxyl groups is 3. The summed E-state index contributed by atoms with van der Waals surface area (Å²) in [5, 5.41) is 30.8. The Kier molecular flexibility index (Phi) is 8.18. The van der Waals surface area contributed by atoms with E-state index in [-0.39, 0.29) is 23.9 Å². The van der Waals surface area contributed by atoms with Gasteiger partial charge in [0, 0.05) is 11.6 Å². The van der Waals surface area contributed by atoms with Crippen molar-refractivity contribution in [3.8, 4) is 11.5 Å². The Morgan fingerprint density at radius 2 is 1.73 bits per heavy atom. The van der Waals surface area contributed by atoms with Crippen molar-refractivity contribution >= 4 is 17.8 Å². The van der Waals surface area contributed by atoms with Gasteiger partial charge in [-0.05, 0) is 36.8 Å². The molecule has 33 heavy (non-hydrogen) atoms. The van der Waals surface area contributed by atoms with Gasteiger partial charge in [-0.2, -0.15) is 0 Å². The number of hydrogen-bond donors (Lipinski definition) is 3. The molecule has 176 valence electrons. The van der Waals surface area contributed by atoms with Gasteiger partial charge in [-0.3, -0.25) is 4.79 Å². The Morgan fingerprint density at radius 3 is 2.39 bits per heavy atom. The largest absolute Gasteiger partial charge is 0.493 e. The van der Waals surface area contributed by atoms with E-state index in [2.05, 4.69) is 0 Å². The number of esters is 1. The molecule has 3 N–H and O–H groups in total. The van der Waals surface area contributed by atoms with E-state index in [4.69, 9.17) is 18.9 Å². The Bertz CT molecular complexity index is 989. The number of hydrogen-bond acceptors (Lipinski definition) is 9. The van der Waals surface area contributed by atoms with E-state index in [0.717, 1.165) is 5.56 Å². The van der Waals surface area contributed by atoms with E-state index in [1.165, 1.54) is 38.3 Å². The van der Waals surface area contributed by atoms with Crippen molar-refractivity contribution in [1.29, 1.82) is 0 Å². The average molecular weight is 458 g/mol. The number of aliphatic hydroxyl groups excluding tert-OH is 3. The fraction of sp³-hybridized carbons (Fsp3) is 0.333. The van der Waals surface area contributed by atoms with E-state index >= 15 is 0 Å². The number of ketones is 1. The fourth-order valence-electron chi connectivity index (χ4n) is 3.20. The normalized spacial score (nSPS) is 24.9. The van der Waals surface area contributed by atoms with Crippen LogP contribution in [0.4, 0.5) is 0 Å². The van der Waals surface area contributed by atoms with E-state index < -0.39 is 36.7 Å². The second-order valence-electron chi connectivity index (χ2n) is 7.43. The number of benzene rings is 2. The highest BCUT2D eigenvalue weighted by molar-refractivity contribution is 5.94. The highest BCUT2D eigenvalue weighted by Gasteiger charge is 2.45. The van der Waals surface area contributed by atoms with Gasteiger partial charge in [0.2, 0.25) is 6.29 Å². The SMILES string of the molecule is COc1cc(C(C)=O)ccc1O[C@@H]1O[C@H](COC(=O)C=Cc2ccccc2)[C@@H](O)[C@H](O)[C@H]1O. The maximum absolute atomic E-state index is 12.0. The molecule has 0 aliphatic carbocycles. The summed E-state index contributed by atoms with van der Waals surface area (Å²) in [5.74, 6) is -0.477. The fourth-order valence-corrected chi connectivity index (χ4v) is 3.20. The summed E-state index contributed by atoms with van der Waals surface area (Å²) in [6.45, 7) is 1.02. The van der Waals surface area contributed by atoms with Crippen molar-refractivity contribution in [2.24, 2.45) is 0 Å². The van der Waals surface area contributed by atoms with Gasteiger partial charge in [0.25, 0.3) is 0 Å². The summed E-state index contributed by atoms with van der Waals surface area (Å²) in [6, 6.07) is 13.6. The van der Waals surface area contributed by atoms with Crippen LogP contribution in [0.2, 0.25) is 0 Å². The van der Waals surface area contributed by atoms with Crippen LogP contribution >= 0.6 is 0 Å². The molecule has 0 saturated carbocycles. The molecule has 3 rings (SSSR count). The van der Waals surface area contributed by atoms with Crippen molar-refractivity contribution in [2.45, 2.75) is 37.6 Å². The van der Waals surface area contributed by atoms with Gasteiger partial charge >= 0.3 is 5.97 Å². The molecule has 1 fully saturated rings. The predicted molar refractivity (Wildman–Crippen MR) is 117 cm³/mol. The topological polar surface area (TPSA) is 132 Å². The molecular formula is C24H26O9. The molecule has 0 spiro atoms. The highest BCUT2D eigenvalue weighted by atomic mass is 16.7. The number of carbonyl (C=O) groups is 2. The minimum absolute atomic E-state index is 0.150. The van der Waals surface area contributed by atoms with E-state index in [1.54, 1.807) is 6.08 Å². The lowest BCUT2D eigenvalue weighted by Gasteiger charge is -2.40. The Labute approximate surface area is 190 Å². The minimum Gasteiger partial charge on any atom is -0.493 e. The van der Waals surface area contributed by atoms with E-state index in [9.17, 15) is 24.9 Å². The van der Waals surface area contributed by atoms with Crippen LogP contribution in [-0.2, 0) is 14.3 Å². The summed E-state index contributed by atoms with van der Waals surface area (Å²) in [6.07, 6.45) is -4.49. The van der Waals surface area contributed by atoms with Crippen molar-refractivity contribution in [2.75, 3.05) is 13.7 Å². The van der Waals surface area contributed by atoms with Gasteiger partial charge in [-0.15, -0.1) is 0 Å². The smallest absolute Gasteiger partial charge is 0.330 e. The van der Waals surface area contributed by atoms with Crippen LogP contribution in [0.25, 0.3) is 6.08 Å². The molecule has 2 aromatic rings. The van der Waals surface area contributed by atoms with Gasteiger partial charge in [-0.25, -0.2) is 4.79 Å². The molecular weight excluding hydrogens is 432 g/mol. The van der Waals surface area contributed by atoms with Gasteiger partial charge in [-0.1, -0.05) is 30.3 Å². The molecule has 2 aromatic carbocycles. The lowest BCUT2D eigenvalue weighted by atomic mass is 9.99. The lowest BCUT2D eigenvalue weighted by Crippen LogP contribution is -2.60. The third-order valence-electron chi connectivity index (χ3n) is 5.08.